The van der Waals surface area contributed by atoms with E-state index in [9.17, 15) is 10.2 Å². The zero-order valence-corrected chi connectivity index (χ0v) is 9.97. The lowest BCUT2D eigenvalue weighted by Gasteiger charge is -2.32. The van der Waals surface area contributed by atoms with Gasteiger partial charge in [-0.15, -0.1) is 0 Å². The van der Waals surface area contributed by atoms with E-state index in [1.807, 2.05) is 25.1 Å². The van der Waals surface area contributed by atoms with Crippen LogP contribution in [0.15, 0.2) is 34.9 Å². The summed E-state index contributed by atoms with van der Waals surface area (Å²) in [4.78, 5) is 0. The summed E-state index contributed by atoms with van der Waals surface area (Å²) in [6.07, 6.45) is 1.61. The van der Waals surface area contributed by atoms with Crippen LogP contribution in [0.1, 0.15) is 12.5 Å². The van der Waals surface area contributed by atoms with E-state index >= 15 is 0 Å². The van der Waals surface area contributed by atoms with Crippen LogP contribution in [0.3, 0.4) is 0 Å². The van der Waals surface area contributed by atoms with Crippen LogP contribution < -0.4 is 5.32 Å². The molecule has 2 rings (SSSR count). The van der Waals surface area contributed by atoms with Crippen molar-refractivity contribution in [3.8, 4) is 0 Å². The number of aliphatic hydroxyl groups is 2. The van der Waals surface area contributed by atoms with Crippen molar-refractivity contribution >= 4 is 11.0 Å². The molecule has 4 nitrogen and oxygen atoms in total. The first-order valence-corrected chi connectivity index (χ1v) is 5.60. The summed E-state index contributed by atoms with van der Waals surface area (Å²) in [5.41, 5.74) is 0.0393. The Morgan fingerprint density at radius 1 is 1.41 bits per heavy atom. The predicted molar refractivity (Wildman–Crippen MR) is 65.7 cm³/mol. The standard InChI is InChI=1S/C13H17NO3/c1-9(14-2)13(16,8-15)11-4-3-10-5-6-17-12(10)7-11/h3-7,9,14-16H,8H2,1-2H3. The number of fused-ring (bicyclic) bond motifs is 1. The van der Waals surface area contributed by atoms with Gasteiger partial charge in [0.15, 0.2) is 0 Å². The van der Waals surface area contributed by atoms with Gasteiger partial charge in [0.25, 0.3) is 0 Å². The Balaban J connectivity index is 2.48. The van der Waals surface area contributed by atoms with E-state index in [1.165, 1.54) is 0 Å². The summed E-state index contributed by atoms with van der Waals surface area (Å²) in [6, 6.07) is 7.04. The van der Waals surface area contributed by atoms with Gasteiger partial charge in [-0.25, -0.2) is 0 Å². The van der Waals surface area contributed by atoms with Gasteiger partial charge in [-0.3, -0.25) is 0 Å². The Hall–Kier alpha value is -1.36. The van der Waals surface area contributed by atoms with Crippen LogP contribution in [0, 0.1) is 0 Å². The average Bonchev–Trinajstić information content (AvgIpc) is 2.83. The molecule has 4 heteroatoms. The van der Waals surface area contributed by atoms with E-state index in [1.54, 1.807) is 19.4 Å². The fraction of sp³-hybridized carbons (Fsp3) is 0.385. The molecular formula is C13H17NO3. The van der Waals surface area contributed by atoms with E-state index in [2.05, 4.69) is 5.32 Å². The van der Waals surface area contributed by atoms with E-state index in [-0.39, 0.29) is 12.6 Å². The molecule has 17 heavy (non-hydrogen) atoms. The van der Waals surface area contributed by atoms with Crippen LogP contribution in [0.5, 0.6) is 0 Å². The molecule has 0 aliphatic carbocycles. The molecule has 0 aliphatic rings. The Morgan fingerprint density at radius 2 is 2.18 bits per heavy atom. The second-order valence-corrected chi connectivity index (χ2v) is 4.27. The number of hydrogen-bond donors (Lipinski definition) is 3. The molecule has 3 N–H and O–H groups in total. The van der Waals surface area contributed by atoms with Gasteiger partial charge in [0.1, 0.15) is 11.2 Å². The molecule has 0 saturated carbocycles. The number of furan rings is 1. The third kappa shape index (κ3) is 1.95. The molecule has 1 aromatic carbocycles. The summed E-state index contributed by atoms with van der Waals surface area (Å²) in [5.74, 6) is 0. The van der Waals surface area contributed by atoms with Gasteiger partial charge in [-0.1, -0.05) is 12.1 Å². The van der Waals surface area contributed by atoms with Crippen LogP contribution in [-0.2, 0) is 5.60 Å². The Morgan fingerprint density at radius 3 is 2.82 bits per heavy atom. The molecule has 1 aromatic heterocycles. The van der Waals surface area contributed by atoms with Gasteiger partial charge in [0, 0.05) is 11.4 Å². The molecule has 0 spiro atoms. The monoisotopic (exact) mass is 235 g/mol. The second-order valence-electron chi connectivity index (χ2n) is 4.27. The molecule has 2 unspecified atom stereocenters. The highest BCUT2D eigenvalue weighted by Gasteiger charge is 2.34. The molecule has 0 aliphatic heterocycles. The van der Waals surface area contributed by atoms with Gasteiger partial charge in [-0.05, 0) is 31.7 Å². The maximum Gasteiger partial charge on any atom is 0.134 e. The third-order valence-electron chi connectivity index (χ3n) is 3.35. The largest absolute Gasteiger partial charge is 0.464 e. The van der Waals surface area contributed by atoms with Crippen molar-refractivity contribution < 1.29 is 14.6 Å². The lowest BCUT2D eigenvalue weighted by Crippen LogP contribution is -2.48. The number of rotatable bonds is 4. The van der Waals surface area contributed by atoms with Gasteiger partial charge in [0.2, 0.25) is 0 Å². The molecule has 2 atom stereocenters. The van der Waals surface area contributed by atoms with E-state index in [4.69, 9.17) is 4.42 Å². The summed E-state index contributed by atoms with van der Waals surface area (Å²) in [5, 5.41) is 23.9. The number of benzene rings is 1. The molecule has 0 bridgehead atoms. The van der Waals surface area contributed by atoms with Crippen molar-refractivity contribution in [1.29, 1.82) is 0 Å². The average molecular weight is 235 g/mol. The van der Waals surface area contributed by atoms with Crippen molar-refractivity contribution in [3.05, 3.63) is 36.1 Å². The van der Waals surface area contributed by atoms with Crippen LogP contribution in [0.2, 0.25) is 0 Å². The van der Waals surface area contributed by atoms with Crippen LogP contribution in [-0.4, -0.2) is 29.9 Å². The molecule has 0 fully saturated rings. The molecule has 0 amide bonds. The quantitative estimate of drug-likeness (QED) is 0.745. The van der Waals surface area contributed by atoms with Crippen molar-refractivity contribution in [2.75, 3.05) is 13.7 Å². The molecule has 2 aromatic rings. The smallest absolute Gasteiger partial charge is 0.134 e. The van der Waals surface area contributed by atoms with Crippen LogP contribution in [0.25, 0.3) is 11.0 Å². The van der Waals surface area contributed by atoms with E-state index < -0.39 is 5.60 Å². The second kappa shape index (κ2) is 4.49. The summed E-state index contributed by atoms with van der Waals surface area (Å²) in [6.45, 7) is 1.48. The Kier molecular flexibility index (Phi) is 3.19. The molecule has 0 radical (unpaired) electrons. The fourth-order valence-electron chi connectivity index (χ4n) is 1.94. The van der Waals surface area contributed by atoms with Gasteiger partial charge < -0.3 is 19.9 Å². The number of nitrogens with one attached hydrogen (secondary N) is 1. The lowest BCUT2D eigenvalue weighted by atomic mass is 9.87. The molecule has 92 valence electrons. The van der Waals surface area contributed by atoms with E-state index in [0.717, 1.165) is 5.39 Å². The fourth-order valence-corrected chi connectivity index (χ4v) is 1.94. The summed E-state index contributed by atoms with van der Waals surface area (Å²) in [7, 11) is 1.75. The molecular weight excluding hydrogens is 218 g/mol. The van der Waals surface area contributed by atoms with E-state index in [0.29, 0.717) is 11.1 Å². The summed E-state index contributed by atoms with van der Waals surface area (Å²) < 4.78 is 5.30. The highest BCUT2D eigenvalue weighted by Crippen LogP contribution is 2.28. The number of hydrogen-bond acceptors (Lipinski definition) is 4. The highest BCUT2D eigenvalue weighted by atomic mass is 16.3. The normalized spacial score (nSPS) is 16.9. The molecule has 1 heterocycles. The first-order chi connectivity index (χ1) is 8.11. The predicted octanol–water partition coefficient (Wildman–Crippen LogP) is 1.22. The number of aliphatic hydroxyl groups excluding tert-OH is 1. The lowest BCUT2D eigenvalue weighted by molar-refractivity contribution is -0.0435. The first-order valence-electron chi connectivity index (χ1n) is 5.60. The topological polar surface area (TPSA) is 65.6 Å². The third-order valence-corrected chi connectivity index (χ3v) is 3.35. The zero-order valence-electron chi connectivity index (χ0n) is 9.97. The Labute approximate surface area is 99.9 Å². The minimum absolute atomic E-state index is 0.264. The van der Waals surface area contributed by atoms with Gasteiger partial charge in [-0.2, -0.15) is 0 Å². The number of likely N-dealkylation sites (N-methyl/N-ethyl adjacent to an activating group) is 1. The van der Waals surface area contributed by atoms with Gasteiger partial charge >= 0.3 is 0 Å². The highest BCUT2D eigenvalue weighted by molar-refractivity contribution is 5.77. The minimum Gasteiger partial charge on any atom is -0.464 e. The maximum atomic E-state index is 10.5. The molecule has 0 saturated heterocycles. The van der Waals surface area contributed by atoms with Crippen molar-refractivity contribution in [2.24, 2.45) is 0 Å². The maximum absolute atomic E-state index is 10.5. The SMILES string of the molecule is CNC(C)C(O)(CO)c1ccc2ccoc2c1. The van der Waals surface area contributed by atoms with Crippen LogP contribution >= 0.6 is 0 Å². The Bertz CT molecular complexity index is 508. The summed E-state index contributed by atoms with van der Waals surface area (Å²) >= 11 is 0. The van der Waals surface area contributed by atoms with Crippen molar-refractivity contribution in [2.45, 2.75) is 18.6 Å². The zero-order chi connectivity index (χ0) is 12.5. The first kappa shape index (κ1) is 12.1. The minimum atomic E-state index is -1.31. The van der Waals surface area contributed by atoms with Crippen molar-refractivity contribution in [3.63, 3.8) is 0 Å². The van der Waals surface area contributed by atoms with Gasteiger partial charge in [0.05, 0.1) is 12.9 Å². The van der Waals surface area contributed by atoms with Crippen molar-refractivity contribution in [1.82, 2.24) is 5.32 Å². The van der Waals surface area contributed by atoms with Crippen LogP contribution in [0.4, 0.5) is 0 Å².